The Bertz CT molecular complexity index is 753. The first-order valence-electron chi connectivity index (χ1n) is 6.14. The minimum absolute atomic E-state index is 0.0590. The van der Waals surface area contributed by atoms with E-state index in [2.05, 4.69) is 11.6 Å². The number of benzene rings is 2. The van der Waals surface area contributed by atoms with Crippen molar-refractivity contribution >= 4 is 16.7 Å². The van der Waals surface area contributed by atoms with Gasteiger partial charge in [0.1, 0.15) is 0 Å². The molecule has 2 heteroatoms. The van der Waals surface area contributed by atoms with E-state index in [1.165, 1.54) is 6.08 Å². The summed E-state index contributed by atoms with van der Waals surface area (Å²) in [6, 6.07) is 17.7. The number of H-pyrrole nitrogens is 1. The van der Waals surface area contributed by atoms with Gasteiger partial charge in [-0.15, -0.1) is 0 Å². The van der Waals surface area contributed by atoms with Crippen LogP contribution in [0.2, 0.25) is 0 Å². The van der Waals surface area contributed by atoms with E-state index in [0.717, 1.165) is 22.2 Å². The number of para-hydroxylation sites is 1. The molecule has 0 unspecified atom stereocenters. The van der Waals surface area contributed by atoms with E-state index >= 15 is 0 Å². The van der Waals surface area contributed by atoms with Gasteiger partial charge in [-0.25, -0.2) is 0 Å². The van der Waals surface area contributed by atoms with Crippen LogP contribution in [0.4, 0.5) is 0 Å². The van der Waals surface area contributed by atoms with Crippen molar-refractivity contribution in [1.29, 1.82) is 0 Å². The number of carbonyl (C=O) groups is 1. The van der Waals surface area contributed by atoms with Crippen LogP contribution in [0.1, 0.15) is 10.4 Å². The van der Waals surface area contributed by atoms with Crippen molar-refractivity contribution in [3.05, 3.63) is 72.8 Å². The molecule has 0 saturated carbocycles. The molecule has 1 N–H and O–H groups in total. The Labute approximate surface area is 111 Å². The standard InChI is InChI=1S/C17H13NO/c1-2-15(19)16-13-10-6-7-11-14(13)18-17(16)12-8-4-3-5-9-12/h2-11,18H,1H2. The third-order valence-electron chi connectivity index (χ3n) is 3.20. The number of rotatable bonds is 3. The lowest BCUT2D eigenvalue weighted by Crippen LogP contribution is -1.95. The fourth-order valence-corrected chi connectivity index (χ4v) is 2.32. The Morgan fingerprint density at radius 3 is 2.42 bits per heavy atom. The van der Waals surface area contributed by atoms with E-state index in [-0.39, 0.29) is 5.78 Å². The molecule has 0 radical (unpaired) electrons. The minimum Gasteiger partial charge on any atom is -0.354 e. The highest BCUT2D eigenvalue weighted by Crippen LogP contribution is 2.30. The molecule has 0 fully saturated rings. The summed E-state index contributed by atoms with van der Waals surface area (Å²) in [5.41, 5.74) is 3.51. The third-order valence-corrected chi connectivity index (χ3v) is 3.20. The second-order valence-electron chi connectivity index (χ2n) is 4.35. The summed E-state index contributed by atoms with van der Waals surface area (Å²) in [6.45, 7) is 3.59. The van der Waals surface area contributed by atoms with Crippen LogP contribution in [-0.4, -0.2) is 10.8 Å². The highest BCUT2D eigenvalue weighted by molar-refractivity contribution is 6.17. The predicted molar refractivity (Wildman–Crippen MR) is 78.3 cm³/mol. The lowest BCUT2D eigenvalue weighted by Gasteiger charge is -2.01. The number of ketones is 1. The zero-order valence-corrected chi connectivity index (χ0v) is 10.4. The van der Waals surface area contributed by atoms with Crippen molar-refractivity contribution in [3.8, 4) is 11.3 Å². The van der Waals surface area contributed by atoms with Crippen molar-refractivity contribution in [2.75, 3.05) is 0 Å². The Morgan fingerprint density at radius 2 is 1.68 bits per heavy atom. The van der Waals surface area contributed by atoms with Gasteiger partial charge >= 0.3 is 0 Å². The van der Waals surface area contributed by atoms with Gasteiger partial charge in [0.25, 0.3) is 0 Å². The molecule has 3 aromatic rings. The smallest absolute Gasteiger partial charge is 0.188 e. The van der Waals surface area contributed by atoms with Crippen LogP contribution in [0.25, 0.3) is 22.2 Å². The maximum atomic E-state index is 12.1. The van der Waals surface area contributed by atoms with Crippen LogP contribution in [0.5, 0.6) is 0 Å². The first kappa shape index (κ1) is 11.5. The molecule has 92 valence electrons. The Morgan fingerprint density at radius 1 is 1.00 bits per heavy atom. The van der Waals surface area contributed by atoms with Gasteiger partial charge in [-0.05, 0) is 17.7 Å². The highest BCUT2D eigenvalue weighted by atomic mass is 16.1. The summed E-state index contributed by atoms with van der Waals surface area (Å²) in [4.78, 5) is 15.5. The van der Waals surface area contributed by atoms with Gasteiger partial charge < -0.3 is 4.98 Å². The molecule has 0 aliphatic heterocycles. The van der Waals surface area contributed by atoms with Gasteiger partial charge in [0.15, 0.2) is 5.78 Å². The summed E-state index contributed by atoms with van der Waals surface area (Å²) in [5.74, 6) is -0.0590. The molecule has 0 spiro atoms. The summed E-state index contributed by atoms with van der Waals surface area (Å²) in [5, 5.41) is 0.936. The quantitative estimate of drug-likeness (QED) is 0.546. The molecule has 3 rings (SSSR count). The van der Waals surface area contributed by atoms with Crippen LogP contribution in [0.3, 0.4) is 0 Å². The minimum atomic E-state index is -0.0590. The number of hydrogen-bond acceptors (Lipinski definition) is 1. The molecule has 0 saturated heterocycles. The molecule has 0 aliphatic carbocycles. The van der Waals surface area contributed by atoms with E-state index in [4.69, 9.17) is 0 Å². The van der Waals surface area contributed by atoms with E-state index in [9.17, 15) is 4.79 Å². The normalized spacial score (nSPS) is 10.5. The van der Waals surface area contributed by atoms with Crippen molar-refractivity contribution in [2.45, 2.75) is 0 Å². The van der Waals surface area contributed by atoms with Crippen LogP contribution >= 0.6 is 0 Å². The number of fused-ring (bicyclic) bond motifs is 1. The van der Waals surface area contributed by atoms with E-state index < -0.39 is 0 Å². The summed E-state index contributed by atoms with van der Waals surface area (Å²) >= 11 is 0. The van der Waals surface area contributed by atoms with Crippen molar-refractivity contribution < 1.29 is 4.79 Å². The Kier molecular flexibility index (Phi) is 2.76. The zero-order valence-electron chi connectivity index (χ0n) is 10.4. The molecule has 1 heterocycles. The molecule has 1 aromatic heterocycles. The van der Waals surface area contributed by atoms with Gasteiger partial charge in [0.2, 0.25) is 0 Å². The summed E-state index contributed by atoms with van der Waals surface area (Å²) in [6.07, 6.45) is 1.36. The van der Waals surface area contributed by atoms with E-state index in [1.54, 1.807) is 0 Å². The van der Waals surface area contributed by atoms with Crippen LogP contribution in [-0.2, 0) is 0 Å². The molecule has 2 nitrogen and oxygen atoms in total. The van der Waals surface area contributed by atoms with Gasteiger partial charge in [-0.3, -0.25) is 4.79 Å². The summed E-state index contributed by atoms with van der Waals surface area (Å²) < 4.78 is 0. The lowest BCUT2D eigenvalue weighted by molar-refractivity contribution is 0.104. The van der Waals surface area contributed by atoms with Gasteiger partial charge in [-0.1, -0.05) is 55.1 Å². The SMILES string of the molecule is C=CC(=O)c1c(-c2ccccc2)[nH]c2ccccc12. The first-order valence-corrected chi connectivity index (χ1v) is 6.14. The molecule has 19 heavy (non-hydrogen) atoms. The van der Waals surface area contributed by atoms with Gasteiger partial charge in [0.05, 0.1) is 11.3 Å². The molecule has 2 aromatic carbocycles. The first-order chi connectivity index (χ1) is 9.31. The van der Waals surface area contributed by atoms with Gasteiger partial charge in [-0.2, -0.15) is 0 Å². The second-order valence-corrected chi connectivity index (χ2v) is 4.35. The summed E-state index contributed by atoms with van der Waals surface area (Å²) in [7, 11) is 0. The Hall–Kier alpha value is -2.61. The van der Waals surface area contributed by atoms with Crippen molar-refractivity contribution in [1.82, 2.24) is 4.98 Å². The number of aromatic amines is 1. The number of hydrogen-bond donors (Lipinski definition) is 1. The van der Waals surface area contributed by atoms with Crippen molar-refractivity contribution in [2.24, 2.45) is 0 Å². The molecule has 0 bridgehead atoms. The largest absolute Gasteiger partial charge is 0.354 e. The van der Waals surface area contributed by atoms with E-state index in [1.807, 2.05) is 54.6 Å². The number of allylic oxidation sites excluding steroid dienone is 1. The van der Waals surface area contributed by atoms with Gasteiger partial charge in [0, 0.05) is 10.9 Å². The highest BCUT2D eigenvalue weighted by Gasteiger charge is 2.16. The molecular weight excluding hydrogens is 234 g/mol. The molecule has 0 aliphatic rings. The van der Waals surface area contributed by atoms with Crippen LogP contribution in [0.15, 0.2) is 67.3 Å². The number of aromatic nitrogens is 1. The fraction of sp³-hybridized carbons (Fsp3) is 0. The molecular formula is C17H13NO. The average Bonchev–Trinajstić information content (AvgIpc) is 2.87. The third kappa shape index (κ3) is 1.87. The number of carbonyl (C=O) groups excluding carboxylic acids is 1. The Balaban J connectivity index is 2.35. The van der Waals surface area contributed by atoms with Crippen molar-refractivity contribution in [3.63, 3.8) is 0 Å². The maximum absolute atomic E-state index is 12.1. The predicted octanol–water partition coefficient (Wildman–Crippen LogP) is 4.20. The zero-order chi connectivity index (χ0) is 13.2. The fourth-order valence-electron chi connectivity index (χ4n) is 2.32. The molecule has 0 atom stereocenters. The topological polar surface area (TPSA) is 32.9 Å². The second kappa shape index (κ2) is 4.58. The molecule has 0 amide bonds. The van der Waals surface area contributed by atoms with Crippen LogP contribution < -0.4 is 0 Å². The van der Waals surface area contributed by atoms with Crippen LogP contribution in [0, 0.1) is 0 Å². The van der Waals surface area contributed by atoms with E-state index in [0.29, 0.717) is 5.56 Å². The monoisotopic (exact) mass is 247 g/mol. The maximum Gasteiger partial charge on any atom is 0.188 e. The number of nitrogens with one attached hydrogen (secondary N) is 1. The lowest BCUT2D eigenvalue weighted by atomic mass is 10.0. The average molecular weight is 247 g/mol.